The van der Waals surface area contributed by atoms with Crippen LogP contribution in [0.2, 0.25) is 0 Å². The minimum absolute atomic E-state index is 0.0268. The van der Waals surface area contributed by atoms with E-state index in [1.54, 1.807) is 4.90 Å². The van der Waals surface area contributed by atoms with Gasteiger partial charge in [-0.3, -0.25) is 4.79 Å². The molecule has 4 rings (SSSR count). The predicted octanol–water partition coefficient (Wildman–Crippen LogP) is 3.92. The average Bonchev–Trinajstić information content (AvgIpc) is 3.25. The summed E-state index contributed by atoms with van der Waals surface area (Å²) >= 11 is 6.44. The minimum Gasteiger partial charge on any atom is -0.457 e. The van der Waals surface area contributed by atoms with Crippen LogP contribution in [0, 0.1) is 0 Å². The van der Waals surface area contributed by atoms with Crippen LogP contribution in [0.5, 0.6) is 11.5 Å². The summed E-state index contributed by atoms with van der Waals surface area (Å²) in [5.74, 6) is 1.45. The molecule has 2 aliphatic rings. The zero-order chi connectivity index (χ0) is 21.1. The summed E-state index contributed by atoms with van der Waals surface area (Å²) in [6.07, 6.45) is 1.15. The molecule has 0 spiro atoms. The standard InChI is InChI=1S/C22H22N2O4S2/c1-2-24-16(13-27-22(24)26)11-14-3-7-17(8-4-14)28-18-9-5-15(6-10-18)12-19-20(25)23-21(29)30-19/h3-10,16,19H,2,11-13H2,1H3,(H,23,25,29). The number of carbonyl (C=O) groups is 2. The van der Waals surface area contributed by atoms with E-state index >= 15 is 0 Å². The van der Waals surface area contributed by atoms with Gasteiger partial charge in [-0.15, -0.1) is 0 Å². The zero-order valence-corrected chi connectivity index (χ0v) is 18.1. The van der Waals surface area contributed by atoms with Crippen LogP contribution in [-0.2, 0) is 22.4 Å². The van der Waals surface area contributed by atoms with Gasteiger partial charge in [-0.2, -0.15) is 0 Å². The van der Waals surface area contributed by atoms with Crippen LogP contribution in [0.15, 0.2) is 48.5 Å². The molecule has 2 saturated heterocycles. The molecule has 30 heavy (non-hydrogen) atoms. The Hall–Kier alpha value is -2.58. The molecular weight excluding hydrogens is 420 g/mol. The van der Waals surface area contributed by atoms with Gasteiger partial charge in [0.1, 0.15) is 22.4 Å². The summed E-state index contributed by atoms with van der Waals surface area (Å²) in [6, 6.07) is 15.7. The highest BCUT2D eigenvalue weighted by molar-refractivity contribution is 8.24. The summed E-state index contributed by atoms with van der Waals surface area (Å²) in [5, 5.41) is 2.50. The summed E-state index contributed by atoms with van der Waals surface area (Å²) < 4.78 is 11.6. The lowest BCUT2D eigenvalue weighted by Gasteiger charge is -2.19. The van der Waals surface area contributed by atoms with Crippen molar-refractivity contribution in [1.29, 1.82) is 0 Å². The summed E-state index contributed by atoms with van der Waals surface area (Å²) in [6.45, 7) is 3.04. The molecule has 2 atom stereocenters. The summed E-state index contributed by atoms with van der Waals surface area (Å²) in [5.41, 5.74) is 2.19. The van der Waals surface area contributed by atoms with Crippen molar-refractivity contribution in [3.63, 3.8) is 0 Å². The zero-order valence-electron chi connectivity index (χ0n) is 16.5. The van der Waals surface area contributed by atoms with Crippen molar-refractivity contribution in [2.45, 2.75) is 31.1 Å². The number of rotatable bonds is 7. The molecule has 0 saturated carbocycles. The first-order chi connectivity index (χ1) is 14.5. The van der Waals surface area contributed by atoms with E-state index in [1.807, 2.05) is 55.5 Å². The maximum Gasteiger partial charge on any atom is 0.410 e. The van der Waals surface area contributed by atoms with Gasteiger partial charge in [0.25, 0.3) is 0 Å². The van der Waals surface area contributed by atoms with Gasteiger partial charge >= 0.3 is 6.09 Å². The number of cyclic esters (lactones) is 1. The molecule has 2 aliphatic heterocycles. The van der Waals surface area contributed by atoms with Gasteiger partial charge in [0.15, 0.2) is 0 Å². The van der Waals surface area contributed by atoms with Crippen LogP contribution in [0.4, 0.5) is 4.79 Å². The number of hydrogen-bond acceptors (Lipinski definition) is 6. The number of thiocarbonyl (C=S) groups is 1. The molecule has 2 heterocycles. The molecule has 2 amide bonds. The van der Waals surface area contributed by atoms with Gasteiger partial charge in [-0.05, 0) is 55.2 Å². The Morgan fingerprint density at radius 3 is 2.20 bits per heavy atom. The molecule has 2 unspecified atom stereocenters. The molecule has 0 aliphatic carbocycles. The summed E-state index contributed by atoms with van der Waals surface area (Å²) in [4.78, 5) is 25.2. The number of nitrogens with one attached hydrogen (secondary N) is 1. The van der Waals surface area contributed by atoms with Crippen molar-refractivity contribution in [3.8, 4) is 11.5 Å². The molecule has 6 nitrogen and oxygen atoms in total. The smallest absolute Gasteiger partial charge is 0.410 e. The van der Waals surface area contributed by atoms with Gasteiger partial charge in [0.05, 0.1) is 11.3 Å². The third-order valence-electron chi connectivity index (χ3n) is 5.16. The Morgan fingerprint density at radius 2 is 1.67 bits per heavy atom. The van der Waals surface area contributed by atoms with E-state index in [4.69, 9.17) is 21.7 Å². The SMILES string of the molecule is CCN1C(=O)OCC1Cc1ccc(Oc2ccc(CC3SC(=S)NC3=O)cc2)cc1. The van der Waals surface area contributed by atoms with E-state index in [-0.39, 0.29) is 23.3 Å². The number of nitrogens with zero attached hydrogens (tertiary/aromatic N) is 1. The van der Waals surface area contributed by atoms with Crippen molar-refractivity contribution in [2.24, 2.45) is 0 Å². The fraction of sp³-hybridized carbons (Fsp3) is 0.318. The van der Waals surface area contributed by atoms with Crippen molar-refractivity contribution in [3.05, 3.63) is 59.7 Å². The lowest BCUT2D eigenvalue weighted by molar-refractivity contribution is -0.118. The number of benzene rings is 2. The first kappa shape index (κ1) is 20.7. The Labute approximate surface area is 184 Å². The molecule has 8 heteroatoms. The largest absolute Gasteiger partial charge is 0.457 e. The normalized spacial score (nSPS) is 21.0. The van der Waals surface area contributed by atoms with Crippen LogP contribution in [-0.4, -0.2) is 45.7 Å². The maximum atomic E-state index is 11.8. The number of hydrogen-bond donors (Lipinski definition) is 1. The number of ether oxygens (including phenoxy) is 2. The van der Waals surface area contributed by atoms with Gasteiger partial charge in [0, 0.05) is 6.54 Å². The van der Waals surface area contributed by atoms with Crippen molar-refractivity contribution in [1.82, 2.24) is 10.2 Å². The Bertz CT molecular complexity index is 947. The molecule has 0 bridgehead atoms. The average molecular weight is 443 g/mol. The number of amides is 2. The molecular formula is C22H22N2O4S2. The highest BCUT2D eigenvalue weighted by Gasteiger charge is 2.31. The highest BCUT2D eigenvalue weighted by atomic mass is 32.2. The number of thioether (sulfide) groups is 1. The number of likely N-dealkylation sites (N-methyl/N-ethyl adjacent to an activating group) is 1. The van der Waals surface area contributed by atoms with Crippen LogP contribution >= 0.6 is 24.0 Å². The number of carbonyl (C=O) groups excluding carboxylic acids is 2. The Morgan fingerprint density at radius 1 is 1.07 bits per heavy atom. The van der Waals surface area contributed by atoms with Crippen LogP contribution in [0.3, 0.4) is 0 Å². The molecule has 2 aromatic carbocycles. The van der Waals surface area contributed by atoms with Gasteiger partial charge in [-0.25, -0.2) is 4.79 Å². The predicted molar refractivity (Wildman–Crippen MR) is 120 cm³/mol. The van der Waals surface area contributed by atoms with Crippen LogP contribution in [0.1, 0.15) is 18.1 Å². The van der Waals surface area contributed by atoms with Gasteiger partial charge in [-0.1, -0.05) is 48.2 Å². The van der Waals surface area contributed by atoms with E-state index in [0.717, 1.165) is 29.0 Å². The van der Waals surface area contributed by atoms with Gasteiger partial charge in [0.2, 0.25) is 5.91 Å². The fourth-order valence-corrected chi connectivity index (χ4v) is 4.89. The van der Waals surface area contributed by atoms with Crippen molar-refractivity contribution in [2.75, 3.05) is 13.2 Å². The van der Waals surface area contributed by atoms with Crippen molar-refractivity contribution >= 4 is 40.3 Å². The first-order valence-corrected chi connectivity index (χ1v) is 11.1. The van der Waals surface area contributed by atoms with Crippen LogP contribution in [0.25, 0.3) is 0 Å². The second-order valence-corrected chi connectivity index (χ2v) is 9.08. The summed E-state index contributed by atoms with van der Waals surface area (Å²) in [7, 11) is 0. The van der Waals surface area contributed by atoms with E-state index < -0.39 is 0 Å². The quantitative estimate of drug-likeness (QED) is 0.656. The lowest BCUT2D eigenvalue weighted by atomic mass is 10.1. The molecule has 1 N–H and O–H groups in total. The van der Waals surface area contributed by atoms with E-state index in [1.165, 1.54) is 11.8 Å². The van der Waals surface area contributed by atoms with E-state index in [0.29, 0.717) is 23.9 Å². The molecule has 2 fully saturated rings. The molecule has 156 valence electrons. The maximum absolute atomic E-state index is 11.8. The fourth-order valence-electron chi connectivity index (χ4n) is 3.58. The van der Waals surface area contributed by atoms with Crippen LogP contribution < -0.4 is 10.1 Å². The first-order valence-electron chi connectivity index (χ1n) is 9.82. The van der Waals surface area contributed by atoms with E-state index in [9.17, 15) is 9.59 Å². The second-order valence-electron chi connectivity index (χ2n) is 7.20. The second kappa shape index (κ2) is 9.06. The Kier molecular flexibility index (Phi) is 6.24. The monoisotopic (exact) mass is 442 g/mol. The molecule has 0 aromatic heterocycles. The third-order valence-corrected chi connectivity index (χ3v) is 6.53. The lowest BCUT2D eigenvalue weighted by Crippen LogP contribution is -2.34. The van der Waals surface area contributed by atoms with E-state index in [2.05, 4.69) is 5.32 Å². The minimum atomic E-state index is -0.235. The Balaban J connectivity index is 1.32. The third kappa shape index (κ3) is 4.76. The highest BCUT2D eigenvalue weighted by Crippen LogP contribution is 2.26. The van der Waals surface area contributed by atoms with Crippen molar-refractivity contribution < 1.29 is 19.1 Å². The molecule has 2 aromatic rings. The molecule has 0 radical (unpaired) electrons. The van der Waals surface area contributed by atoms with Gasteiger partial charge < -0.3 is 19.7 Å². The topological polar surface area (TPSA) is 67.9 Å².